The van der Waals surface area contributed by atoms with Crippen molar-refractivity contribution >= 4 is 17.4 Å². The highest BCUT2D eigenvalue weighted by atomic mass is 35.5. The number of nitrogens with one attached hydrogen (secondary N) is 1. The van der Waals surface area contributed by atoms with Crippen molar-refractivity contribution in [1.29, 1.82) is 0 Å². The van der Waals surface area contributed by atoms with E-state index in [-0.39, 0.29) is 24.3 Å². The van der Waals surface area contributed by atoms with Crippen LogP contribution in [0, 0.1) is 11.6 Å². The summed E-state index contributed by atoms with van der Waals surface area (Å²) in [5, 5.41) is 3.24. The molecule has 8 heteroatoms. The van der Waals surface area contributed by atoms with Gasteiger partial charge in [-0.25, -0.2) is 18.7 Å². The van der Waals surface area contributed by atoms with Gasteiger partial charge in [0.2, 0.25) is 0 Å². The zero-order valence-corrected chi connectivity index (χ0v) is 13.7. The summed E-state index contributed by atoms with van der Waals surface area (Å²) < 4.78 is 32.1. The smallest absolute Gasteiger partial charge is 0.318 e. The Morgan fingerprint density at radius 3 is 2.44 bits per heavy atom. The molecule has 3 aromatic rings. The minimum Gasteiger partial charge on any atom is -0.459 e. The SMILES string of the molecule is Fc1ccc(COc2ncc(F)c(NCc3ccc(Cl)nc3)n2)cc1. The standard InChI is InChI=1S/C17H13ClF2N4O/c18-15-6-3-12(7-21-15)8-22-16-14(20)9-23-17(24-16)25-10-11-1-4-13(19)5-2-11/h1-7,9H,8,10H2,(H,22,23,24). The number of pyridine rings is 1. The lowest BCUT2D eigenvalue weighted by molar-refractivity contribution is 0.279. The summed E-state index contributed by atoms with van der Waals surface area (Å²) in [4.78, 5) is 11.7. The largest absolute Gasteiger partial charge is 0.459 e. The van der Waals surface area contributed by atoms with Gasteiger partial charge in [-0.15, -0.1) is 0 Å². The van der Waals surface area contributed by atoms with Crippen molar-refractivity contribution in [3.05, 3.63) is 76.7 Å². The molecular formula is C17H13ClF2N4O. The van der Waals surface area contributed by atoms with Crippen LogP contribution in [0.25, 0.3) is 0 Å². The van der Waals surface area contributed by atoms with E-state index in [9.17, 15) is 8.78 Å². The van der Waals surface area contributed by atoms with E-state index < -0.39 is 5.82 Å². The van der Waals surface area contributed by atoms with E-state index >= 15 is 0 Å². The molecule has 3 rings (SSSR count). The Balaban J connectivity index is 1.63. The molecule has 128 valence electrons. The average Bonchev–Trinajstić information content (AvgIpc) is 2.62. The summed E-state index contributed by atoms with van der Waals surface area (Å²) in [7, 11) is 0. The second-order valence-corrected chi connectivity index (χ2v) is 5.49. The van der Waals surface area contributed by atoms with Crippen LogP contribution in [0.2, 0.25) is 5.15 Å². The third-order valence-corrected chi connectivity index (χ3v) is 3.48. The molecule has 0 saturated heterocycles. The molecule has 0 aliphatic carbocycles. The molecule has 25 heavy (non-hydrogen) atoms. The number of rotatable bonds is 6. The topological polar surface area (TPSA) is 59.9 Å². The minimum atomic E-state index is -0.601. The van der Waals surface area contributed by atoms with Gasteiger partial charge in [0.15, 0.2) is 11.6 Å². The van der Waals surface area contributed by atoms with Crippen LogP contribution in [-0.2, 0) is 13.2 Å². The monoisotopic (exact) mass is 362 g/mol. The fraction of sp³-hybridized carbons (Fsp3) is 0.118. The number of hydrogen-bond acceptors (Lipinski definition) is 5. The van der Waals surface area contributed by atoms with Crippen molar-refractivity contribution in [3.8, 4) is 6.01 Å². The van der Waals surface area contributed by atoms with Crippen LogP contribution < -0.4 is 10.1 Å². The Hall–Kier alpha value is -2.80. The van der Waals surface area contributed by atoms with Crippen LogP contribution in [0.3, 0.4) is 0 Å². The van der Waals surface area contributed by atoms with Crippen LogP contribution in [0.1, 0.15) is 11.1 Å². The average molecular weight is 363 g/mol. The molecule has 0 spiro atoms. The fourth-order valence-corrected chi connectivity index (χ4v) is 2.08. The predicted octanol–water partition coefficient (Wildman–Crippen LogP) is 3.99. The summed E-state index contributed by atoms with van der Waals surface area (Å²) >= 11 is 5.72. The summed E-state index contributed by atoms with van der Waals surface area (Å²) in [6.45, 7) is 0.460. The molecule has 1 N–H and O–H groups in total. The Bertz CT molecular complexity index is 844. The number of halogens is 3. The van der Waals surface area contributed by atoms with Gasteiger partial charge >= 0.3 is 6.01 Å². The van der Waals surface area contributed by atoms with E-state index in [1.807, 2.05) is 0 Å². The first-order valence-electron chi connectivity index (χ1n) is 7.34. The van der Waals surface area contributed by atoms with Crippen molar-refractivity contribution in [1.82, 2.24) is 15.0 Å². The normalized spacial score (nSPS) is 10.5. The van der Waals surface area contributed by atoms with E-state index in [1.165, 1.54) is 12.1 Å². The summed E-state index contributed by atoms with van der Waals surface area (Å²) in [6.07, 6.45) is 2.61. The maximum Gasteiger partial charge on any atom is 0.318 e. The second-order valence-electron chi connectivity index (χ2n) is 5.11. The molecule has 2 heterocycles. The van der Waals surface area contributed by atoms with Crippen LogP contribution in [-0.4, -0.2) is 15.0 Å². The number of benzene rings is 1. The Kier molecular flexibility index (Phi) is 5.35. The molecule has 0 amide bonds. The lowest BCUT2D eigenvalue weighted by atomic mass is 10.2. The van der Waals surface area contributed by atoms with Gasteiger partial charge in [-0.1, -0.05) is 29.8 Å². The highest BCUT2D eigenvalue weighted by molar-refractivity contribution is 6.29. The van der Waals surface area contributed by atoms with Gasteiger partial charge < -0.3 is 10.1 Å². The summed E-state index contributed by atoms with van der Waals surface area (Å²) in [6, 6.07) is 9.27. The lowest BCUT2D eigenvalue weighted by Crippen LogP contribution is -2.07. The number of anilines is 1. The zero-order valence-electron chi connectivity index (χ0n) is 12.9. The number of hydrogen-bond donors (Lipinski definition) is 1. The van der Waals surface area contributed by atoms with Gasteiger partial charge in [0, 0.05) is 12.7 Å². The third-order valence-electron chi connectivity index (χ3n) is 3.25. The zero-order chi connectivity index (χ0) is 17.6. The second kappa shape index (κ2) is 7.85. The number of aromatic nitrogens is 3. The third kappa shape index (κ3) is 4.84. The van der Waals surface area contributed by atoms with Crippen LogP contribution in [0.15, 0.2) is 48.8 Å². The molecule has 0 fully saturated rings. The van der Waals surface area contributed by atoms with Gasteiger partial charge in [0.05, 0.1) is 6.20 Å². The van der Waals surface area contributed by atoms with Gasteiger partial charge in [0.25, 0.3) is 0 Å². The maximum absolute atomic E-state index is 13.8. The first kappa shape index (κ1) is 17.0. The summed E-state index contributed by atoms with van der Waals surface area (Å²) in [5.41, 5.74) is 1.56. The van der Waals surface area contributed by atoms with Crippen molar-refractivity contribution in [3.63, 3.8) is 0 Å². The molecule has 0 radical (unpaired) electrons. The molecular weight excluding hydrogens is 350 g/mol. The highest BCUT2D eigenvalue weighted by Gasteiger charge is 2.08. The van der Waals surface area contributed by atoms with Crippen molar-refractivity contribution in [2.75, 3.05) is 5.32 Å². The van der Waals surface area contributed by atoms with Crippen LogP contribution in [0.5, 0.6) is 6.01 Å². The van der Waals surface area contributed by atoms with E-state index in [0.29, 0.717) is 11.7 Å². The van der Waals surface area contributed by atoms with Gasteiger partial charge in [0.1, 0.15) is 17.6 Å². The molecule has 1 aromatic carbocycles. The molecule has 0 aliphatic heterocycles. The Morgan fingerprint density at radius 1 is 0.960 bits per heavy atom. The highest BCUT2D eigenvalue weighted by Crippen LogP contribution is 2.16. The maximum atomic E-state index is 13.8. The van der Waals surface area contributed by atoms with Crippen molar-refractivity contribution in [2.45, 2.75) is 13.2 Å². The predicted molar refractivity (Wildman–Crippen MR) is 89.3 cm³/mol. The molecule has 0 atom stereocenters. The molecule has 0 aliphatic rings. The first-order chi connectivity index (χ1) is 12.1. The number of ether oxygens (including phenoxy) is 1. The van der Waals surface area contributed by atoms with E-state index in [0.717, 1.165) is 17.3 Å². The quantitative estimate of drug-likeness (QED) is 0.672. The lowest BCUT2D eigenvalue weighted by Gasteiger charge is -2.09. The van der Waals surface area contributed by atoms with Gasteiger partial charge in [-0.05, 0) is 29.3 Å². The van der Waals surface area contributed by atoms with Crippen LogP contribution in [0.4, 0.5) is 14.6 Å². The van der Waals surface area contributed by atoms with Crippen LogP contribution >= 0.6 is 11.6 Å². The first-order valence-corrected chi connectivity index (χ1v) is 7.72. The van der Waals surface area contributed by atoms with Crippen molar-refractivity contribution < 1.29 is 13.5 Å². The van der Waals surface area contributed by atoms with Gasteiger partial charge in [-0.2, -0.15) is 4.98 Å². The minimum absolute atomic E-state index is 0.0130. The van der Waals surface area contributed by atoms with E-state index in [1.54, 1.807) is 30.5 Å². The molecule has 0 bridgehead atoms. The number of nitrogens with zero attached hydrogens (tertiary/aromatic N) is 3. The fourth-order valence-electron chi connectivity index (χ4n) is 1.97. The molecule has 2 aromatic heterocycles. The van der Waals surface area contributed by atoms with Gasteiger partial charge in [-0.3, -0.25) is 0 Å². The molecule has 0 saturated carbocycles. The van der Waals surface area contributed by atoms with E-state index in [4.69, 9.17) is 16.3 Å². The molecule has 0 unspecified atom stereocenters. The summed E-state index contributed by atoms with van der Waals surface area (Å²) in [5.74, 6) is -0.917. The Morgan fingerprint density at radius 2 is 1.72 bits per heavy atom. The Labute approximate surface area is 147 Å². The van der Waals surface area contributed by atoms with Crippen molar-refractivity contribution in [2.24, 2.45) is 0 Å². The van der Waals surface area contributed by atoms with E-state index in [2.05, 4.69) is 20.3 Å². The molecule has 5 nitrogen and oxygen atoms in total.